The smallest absolute Gasteiger partial charge is 0.165 e. The monoisotopic (exact) mass is 300 g/mol. The van der Waals surface area contributed by atoms with Crippen LogP contribution in [0.4, 0.5) is 4.39 Å². The molecule has 0 aliphatic carbocycles. The molecule has 0 N–H and O–H groups in total. The summed E-state index contributed by atoms with van der Waals surface area (Å²) in [6.07, 6.45) is 0.295. The van der Waals surface area contributed by atoms with E-state index in [4.69, 9.17) is 4.74 Å². The summed E-state index contributed by atoms with van der Waals surface area (Å²) in [7, 11) is 1.43. The molecule has 2 nitrogen and oxygen atoms in total. The van der Waals surface area contributed by atoms with Crippen LogP contribution in [0.15, 0.2) is 18.2 Å². The molecule has 1 aromatic rings. The second-order valence-corrected chi connectivity index (χ2v) is 7.21. The van der Waals surface area contributed by atoms with Gasteiger partial charge in [0.05, 0.1) is 12.4 Å². The van der Waals surface area contributed by atoms with Crippen molar-refractivity contribution in [2.24, 2.45) is 0 Å². The molecule has 0 bridgehead atoms. The highest BCUT2D eigenvalue weighted by molar-refractivity contribution is 8.07. The van der Waals surface area contributed by atoms with Gasteiger partial charge in [-0.15, -0.1) is 11.8 Å². The average molecular weight is 300 g/mol. The van der Waals surface area contributed by atoms with Crippen molar-refractivity contribution in [3.63, 3.8) is 0 Å². The van der Waals surface area contributed by atoms with E-state index in [1.807, 2.05) is 11.8 Å². The topological polar surface area (TPSA) is 26.3 Å². The van der Waals surface area contributed by atoms with Crippen LogP contribution in [0, 0.1) is 5.82 Å². The highest BCUT2D eigenvalue weighted by Gasteiger charge is 2.28. The van der Waals surface area contributed by atoms with Crippen LogP contribution in [0.5, 0.6) is 5.75 Å². The van der Waals surface area contributed by atoms with Crippen molar-refractivity contribution in [2.75, 3.05) is 18.6 Å². The van der Waals surface area contributed by atoms with Crippen molar-refractivity contribution >= 4 is 29.3 Å². The lowest BCUT2D eigenvalue weighted by molar-refractivity contribution is -0.117. The average Bonchev–Trinajstić information content (AvgIpc) is 2.39. The Balaban J connectivity index is 2.04. The summed E-state index contributed by atoms with van der Waals surface area (Å²) in [5.74, 6) is 2.11. The normalized spacial score (nSPS) is 23.1. The van der Waals surface area contributed by atoms with Crippen LogP contribution in [0.3, 0.4) is 0 Å². The van der Waals surface area contributed by atoms with Gasteiger partial charge in [-0.3, -0.25) is 4.79 Å². The summed E-state index contributed by atoms with van der Waals surface area (Å²) in [4.78, 5) is 12.3. The Morgan fingerprint density at radius 1 is 1.42 bits per heavy atom. The molecule has 5 heteroatoms. The van der Waals surface area contributed by atoms with Gasteiger partial charge < -0.3 is 4.74 Å². The van der Waals surface area contributed by atoms with Gasteiger partial charge in [0.25, 0.3) is 0 Å². The molecule has 0 spiro atoms. The summed E-state index contributed by atoms with van der Waals surface area (Å²) < 4.78 is 18.4. The standard InChI is InChI=1S/C14H17FO2S2/c1-9-14(19-6-5-18-9)12(16)8-10-3-4-13(17-2)11(15)7-10/h3-4,7,9,14H,5-6,8H2,1-2H3. The molecule has 1 saturated heterocycles. The number of halogens is 1. The van der Waals surface area contributed by atoms with Crippen LogP contribution in [-0.2, 0) is 11.2 Å². The lowest BCUT2D eigenvalue weighted by Gasteiger charge is -2.26. The van der Waals surface area contributed by atoms with E-state index in [0.717, 1.165) is 11.5 Å². The molecular weight excluding hydrogens is 283 g/mol. The predicted molar refractivity (Wildman–Crippen MR) is 79.8 cm³/mol. The molecule has 1 aliphatic rings. The predicted octanol–water partition coefficient (Wildman–Crippen LogP) is 3.18. The maximum Gasteiger partial charge on any atom is 0.165 e. The zero-order chi connectivity index (χ0) is 13.8. The fraction of sp³-hybridized carbons (Fsp3) is 0.500. The van der Waals surface area contributed by atoms with Crippen molar-refractivity contribution in [1.82, 2.24) is 0 Å². The highest BCUT2D eigenvalue weighted by Crippen LogP contribution is 2.32. The molecule has 0 saturated carbocycles. The Morgan fingerprint density at radius 2 is 2.16 bits per heavy atom. The molecular formula is C14H17FO2S2. The minimum absolute atomic E-state index is 0.0314. The summed E-state index contributed by atoms with van der Waals surface area (Å²) in [6.45, 7) is 2.09. The number of carbonyl (C=O) groups is 1. The lowest BCUT2D eigenvalue weighted by atomic mass is 10.1. The van der Waals surface area contributed by atoms with E-state index < -0.39 is 5.82 Å². The van der Waals surface area contributed by atoms with Gasteiger partial charge in [-0.2, -0.15) is 11.8 Å². The first-order chi connectivity index (χ1) is 9.11. The van der Waals surface area contributed by atoms with Gasteiger partial charge in [-0.05, 0) is 17.7 Å². The van der Waals surface area contributed by atoms with Crippen LogP contribution < -0.4 is 4.74 Å². The summed E-state index contributed by atoms with van der Waals surface area (Å²) in [5, 5.41) is 0.373. The van der Waals surface area contributed by atoms with Crippen molar-refractivity contribution in [3.05, 3.63) is 29.6 Å². The van der Waals surface area contributed by atoms with Gasteiger partial charge in [0.2, 0.25) is 0 Å². The number of hydrogen-bond acceptors (Lipinski definition) is 4. The number of ether oxygens (including phenoxy) is 1. The Labute approximate surface area is 121 Å². The lowest BCUT2D eigenvalue weighted by Crippen LogP contribution is -2.32. The molecule has 2 unspecified atom stereocenters. The Kier molecular flexibility index (Phi) is 5.16. The van der Waals surface area contributed by atoms with E-state index in [0.29, 0.717) is 17.2 Å². The fourth-order valence-corrected chi connectivity index (χ4v) is 4.84. The van der Waals surface area contributed by atoms with E-state index >= 15 is 0 Å². The molecule has 1 fully saturated rings. The van der Waals surface area contributed by atoms with E-state index in [-0.39, 0.29) is 16.8 Å². The van der Waals surface area contributed by atoms with Crippen molar-refractivity contribution < 1.29 is 13.9 Å². The van der Waals surface area contributed by atoms with E-state index in [9.17, 15) is 9.18 Å². The van der Waals surface area contributed by atoms with E-state index in [1.165, 1.54) is 13.2 Å². The molecule has 104 valence electrons. The fourth-order valence-electron chi connectivity index (χ4n) is 2.11. The van der Waals surface area contributed by atoms with Crippen LogP contribution in [-0.4, -0.2) is 34.9 Å². The number of ketones is 1. The first-order valence-corrected chi connectivity index (χ1v) is 8.30. The first kappa shape index (κ1) is 14.7. The molecule has 0 radical (unpaired) electrons. The van der Waals surface area contributed by atoms with E-state index in [2.05, 4.69) is 6.92 Å². The maximum atomic E-state index is 13.6. The highest BCUT2D eigenvalue weighted by atomic mass is 32.2. The van der Waals surface area contributed by atoms with Gasteiger partial charge >= 0.3 is 0 Å². The zero-order valence-electron chi connectivity index (χ0n) is 11.0. The third-order valence-electron chi connectivity index (χ3n) is 3.10. The van der Waals surface area contributed by atoms with Crippen molar-refractivity contribution in [1.29, 1.82) is 0 Å². The van der Waals surface area contributed by atoms with Gasteiger partial charge in [-0.1, -0.05) is 13.0 Å². The second-order valence-electron chi connectivity index (χ2n) is 4.48. The largest absolute Gasteiger partial charge is 0.494 e. The number of hydrogen-bond donors (Lipinski definition) is 0. The molecule has 1 aliphatic heterocycles. The SMILES string of the molecule is COc1ccc(CC(=O)C2SCCSC2C)cc1F. The summed E-state index contributed by atoms with van der Waals surface area (Å²) >= 11 is 3.56. The Morgan fingerprint density at radius 3 is 2.79 bits per heavy atom. The minimum atomic E-state index is -0.411. The van der Waals surface area contributed by atoms with Crippen LogP contribution >= 0.6 is 23.5 Å². The number of Topliss-reactive ketones (excluding diaryl/α,β-unsaturated/α-hetero) is 1. The van der Waals surface area contributed by atoms with Gasteiger partial charge in [0, 0.05) is 23.2 Å². The zero-order valence-corrected chi connectivity index (χ0v) is 12.7. The van der Waals surface area contributed by atoms with Crippen molar-refractivity contribution in [2.45, 2.75) is 23.8 Å². The summed E-state index contributed by atoms with van der Waals surface area (Å²) in [6, 6.07) is 4.72. The van der Waals surface area contributed by atoms with Gasteiger partial charge in [-0.25, -0.2) is 4.39 Å². The molecule has 19 heavy (non-hydrogen) atoms. The third kappa shape index (κ3) is 3.66. The number of carbonyl (C=O) groups excluding carboxylic acids is 1. The van der Waals surface area contributed by atoms with Crippen molar-refractivity contribution in [3.8, 4) is 5.75 Å². The van der Waals surface area contributed by atoms with Crippen LogP contribution in [0.1, 0.15) is 12.5 Å². The third-order valence-corrected chi connectivity index (χ3v) is 6.24. The second kappa shape index (κ2) is 6.66. The molecule has 1 aromatic carbocycles. The van der Waals surface area contributed by atoms with Gasteiger partial charge in [0.1, 0.15) is 0 Å². The minimum Gasteiger partial charge on any atom is -0.494 e. The molecule has 1 heterocycles. The van der Waals surface area contributed by atoms with Gasteiger partial charge in [0.15, 0.2) is 17.3 Å². The molecule has 0 amide bonds. The Hall–Kier alpha value is -0.680. The quantitative estimate of drug-likeness (QED) is 0.853. The molecule has 2 rings (SSSR count). The molecule has 2 atom stereocenters. The first-order valence-electron chi connectivity index (χ1n) is 6.20. The number of thioether (sulfide) groups is 2. The number of rotatable bonds is 4. The summed E-state index contributed by atoms with van der Waals surface area (Å²) in [5.41, 5.74) is 0.715. The number of methoxy groups -OCH3 is 1. The van der Waals surface area contributed by atoms with E-state index in [1.54, 1.807) is 23.9 Å². The Bertz CT molecular complexity index is 465. The van der Waals surface area contributed by atoms with Crippen LogP contribution in [0.2, 0.25) is 0 Å². The number of benzene rings is 1. The molecule has 0 aromatic heterocycles. The maximum absolute atomic E-state index is 13.6. The van der Waals surface area contributed by atoms with Crippen LogP contribution in [0.25, 0.3) is 0 Å².